The Hall–Kier alpha value is -1.23. The summed E-state index contributed by atoms with van der Waals surface area (Å²) < 4.78 is 33.7. The van der Waals surface area contributed by atoms with Crippen LogP contribution in [0, 0.1) is 0 Å². The van der Waals surface area contributed by atoms with Crippen LogP contribution in [0.2, 0.25) is 0 Å². The number of nitrogens with one attached hydrogen (secondary N) is 1. The summed E-state index contributed by atoms with van der Waals surface area (Å²) in [4.78, 5) is -0.0735. The zero-order valence-electron chi connectivity index (χ0n) is 10.7. The molecule has 10 heteroatoms. The molecule has 1 atom stereocenters. The molecule has 0 radical (unpaired) electrons. The van der Waals surface area contributed by atoms with Crippen LogP contribution in [0.4, 0.5) is 0 Å². The van der Waals surface area contributed by atoms with E-state index in [1.807, 2.05) is 0 Å². The van der Waals surface area contributed by atoms with E-state index in [0.29, 0.717) is 5.82 Å². The minimum Gasteiger partial charge on any atom is -0.450 e. The van der Waals surface area contributed by atoms with E-state index in [4.69, 9.17) is 9.52 Å². The van der Waals surface area contributed by atoms with Gasteiger partial charge in [-0.1, -0.05) is 0 Å². The van der Waals surface area contributed by atoms with Crippen LogP contribution in [0.5, 0.6) is 0 Å². The third-order valence-corrected chi connectivity index (χ3v) is 5.02. The Labute approximate surface area is 124 Å². The molecule has 110 valence electrons. The second kappa shape index (κ2) is 5.64. The van der Waals surface area contributed by atoms with Crippen molar-refractivity contribution in [2.75, 3.05) is 0 Å². The van der Waals surface area contributed by atoms with Crippen molar-refractivity contribution >= 4 is 26.0 Å². The Morgan fingerprint density at radius 3 is 2.80 bits per heavy atom. The quantitative estimate of drug-likeness (QED) is 0.807. The predicted molar refractivity (Wildman–Crippen MR) is 72.1 cm³/mol. The van der Waals surface area contributed by atoms with Crippen LogP contribution in [0.3, 0.4) is 0 Å². The van der Waals surface area contributed by atoms with Crippen LogP contribution < -0.4 is 4.72 Å². The fourth-order valence-corrected chi connectivity index (χ4v) is 3.89. The van der Waals surface area contributed by atoms with Gasteiger partial charge >= 0.3 is 0 Å². The highest BCUT2D eigenvalue weighted by Crippen LogP contribution is 2.27. The van der Waals surface area contributed by atoms with E-state index in [1.54, 1.807) is 18.5 Å². The number of aromatic nitrogens is 3. The zero-order chi connectivity index (χ0) is 14.9. The Morgan fingerprint density at radius 1 is 1.60 bits per heavy atom. The maximum Gasteiger partial charge on any atom is 0.245 e. The molecule has 0 amide bonds. The number of rotatable bonds is 5. The Morgan fingerprint density at radius 2 is 2.30 bits per heavy atom. The SMILES string of the molecule is CC(NS(=O)(=O)c1cc(CO)oc1Br)c1nncn1C. The van der Waals surface area contributed by atoms with Crippen LogP contribution in [0.25, 0.3) is 0 Å². The van der Waals surface area contributed by atoms with Gasteiger partial charge in [0.05, 0.1) is 6.04 Å². The topological polar surface area (TPSA) is 110 Å². The Balaban J connectivity index is 2.27. The van der Waals surface area contributed by atoms with Gasteiger partial charge in [0.25, 0.3) is 0 Å². The molecule has 2 heterocycles. The zero-order valence-corrected chi connectivity index (χ0v) is 13.1. The van der Waals surface area contributed by atoms with E-state index in [-0.39, 0.29) is 21.9 Å². The molecule has 0 aliphatic heterocycles. The van der Waals surface area contributed by atoms with E-state index in [9.17, 15) is 8.42 Å². The van der Waals surface area contributed by atoms with Crippen LogP contribution in [0.1, 0.15) is 24.6 Å². The van der Waals surface area contributed by atoms with Gasteiger partial charge in [0, 0.05) is 13.1 Å². The standard InChI is InChI=1S/C10H13BrN4O4S/c1-6(10-13-12-5-15(10)2)14-20(17,18)8-3-7(4-16)19-9(8)11/h3,5-6,14,16H,4H2,1-2H3. The lowest BCUT2D eigenvalue weighted by molar-refractivity contribution is 0.245. The highest BCUT2D eigenvalue weighted by atomic mass is 79.9. The lowest BCUT2D eigenvalue weighted by Gasteiger charge is -2.12. The molecule has 0 bridgehead atoms. The van der Waals surface area contributed by atoms with Crippen molar-refractivity contribution in [3.05, 3.63) is 28.6 Å². The fraction of sp³-hybridized carbons (Fsp3) is 0.400. The van der Waals surface area contributed by atoms with Gasteiger partial charge in [-0.05, 0) is 22.9 Å². The minimum absolute atomic E-state index is 0.0409. The first kappa shape index (κ1) is 15.2. The van der Waals surface area contributed by atoms with Crippen molar-refractivity contribution in [1.29, 1.82) is 0 Å². The molecule has 0 aliphatic carbocycles. The van der Waals surface area contributed by atoms with Gasteiger partial charge in [-0.15, -0.1) is 10.2 Å². The van der Waals surface area contributed by atoms with Gasteiger partial charge in [-0.25, -0.2) is 13.1 Å². The number of aliphatic hydroxyl groups excluding tert-OH is 1. The average Bonchev–Trinajstić information content (AvgIpc) is 2.94. The van der Waals surface area contributed by atoms with Gasteiger partial charge in [-0.3, -0.25) is 0 Å². The summed E-state index contributed by atoms with van der Waals surface area (Å²) in [5.41, 5.74) is 0. The van der Waals surface area contributed by atoms with Crippen molar-refractivity contribution in [2.24, 2.45) is 7.05 Å². The molecule has 2 N–H and O–H groups in total. The number of aryl methyl sites for hydroxylation is 1. The smallest absolute Gasteiger partial charge is 0.245 e. The summed E-state index contributed by atoms with van der Waals surface area (Å²) in [5.74, 6) is 0.638. The van der Waals surface area contributed by atoms with Crippen molar-refractivity contribution in [2.45, 2.75) is 24.5 Å². The molecule has 1 unspecified atom stereocenters. The largest absolute Gasteiger partial charge is 0.450 e. The van der Waals surface area contributed by atoms with Crippen molar-refractivity contribution in [3.8, 4) is 0 Å². The second-order valence-electron chi connectivity index (χ2n) is 4.15. The molecule has 2 aromatic heterocycles. The molecule has 8 nitrogen and oxygen atoms in total. The summed E-state index contributed by atoms with van der Waals surface area (Å²) >= 11 is 3.02. The maximum absolute atomic E-state index is 12.3. The molecule has 0 spiro atoms. The summed E-state index contributed by atoms with van der Waals surface area (Å²) in [7, 11) is -2.09. The lowest BCUT2D eigenvalue weighted by Crippen LogP contribution is -2.28. The number of furan rings is 1. The van der Waals surface area contributed by atoms with Gasteiger partial charge in [0.2, 0.25) is 10.0 Å². The van der Waals surface area contributed by atoms with E-state index < -0.39 is 16.1 Å². The molecule has 2 aromatic rings. The number of aliphatic hydroxyl groups is 1. The number of halogens is 1. The normalized spacial score (nSPS) is 13.6. The minimum atomic E-state index is -3.81. The summed E-state index contributed by atoms with van der Waals surface area (Å²) in [6, 6.07) is 0.697. The first-order valence-electron chi connectivity index (χ1n) is 5.60. The molecule has 2 rings (SSSR count). The van der Waals surface area contributed by atoms with E-state index in [2.05, 4.69) is 30.8 Å². The second-order valence-corrected chi connectivity index (χ2v) is 6.55. The molecule has 0 aliphatic rings. The number of sulfonamides is 1. The third kappa shape index (κ3) is 2.92. The highest BCUT2D eigenvalue weighted by Gasteiger charge is 2.26. The summed E-state index contributed by atoms with van der Waals surface area (Å²) in [5, 5.41) is 16.5. The first-order valence-corrected chi connectivity index (χ1v) is 7.88. The van der Waals surface area contributed by atoms with Crippen molar-refractivity contribution in [3.63, 3.8) is 0 Å². The van der Waals surface area contributed by atoms with E-state index in [0.717, 1.165) is 0 Å². The predicted octanol–water partition coefficient (Wildman–Crippen LogP) is 0.702. The Kier molecular flexibility index (Phi) is 4.28. The fourth-order valence-electron chi connectivity index (χ4n) is 1.69. The first-order chi connectivity index (χ1) is 9.35. The van der Waals surface area contributed by atoms with E-state index >= 15 is 0 Å². The Bertz CT molecular complexity index is 709. The summed E-state index contributed by atoms with van der Waals surface area (Å²) in [6.45, 7) is 1.27. The van der Waals surface area contributed by atoms with Crippen molar-refractivity contribution < 1.29 is 17.9 Å². The molecule has 0 aromatic carbocycles. The van der Waals surface area contributed by atoms with Gasteiger partial charge in [-0.2, -0.15) is 0 Å². The lowest BCUT2D eigenvalue weighted by atomic mass is 10.3. The van der Waals surface area contributed by atoms with Gasteiger partial charge in [0.15, 0.2) is 4.67 Å². The number of nitrogens with zero attached hydrogens (tertiary/aromatic N) is 3. The molecule has 0 saturated heterocycles. The molecular weight excluding hydrogens is 352 g/mol. The highest BCUT2D eigenvalue weighted by molar-refractivity contribution is 9.10. The van der Waals surface area contributed by atoms with Crippen LogP contribution in [-0.2, 0) is 23.7 Å². The molecular formula is C10H13BrN4O4S. The van der Waals surface area contributed by atoms with E-state index in [1.165, 1.54) is 12.4 Å². The monoisotopic (exact) mass is 364 g/mol. The van der Waals surface area contributed by atoms with Crippen LogP contribution in [-0.4, -0.2) is 28.3 Å². The van der Waals surface area contributed by atoms with Gasteiger partial charge in [0.1, 0.15) is 29.4 Å². The maximum atomic E-state index is 12.3. The number of hydrogen-bond acceptors (Lipinski definition) is 6. The van der Waals surface area contributed by atoms with Crippen LogP contribution >= 0.6 is 15.9 Å². The van der Waals surface area contributed by atoms with Crippen molar-refractivity contribution in [1.82, 2.24) is 19.5 Å². The average molecular weight is 365 g/mol. The van der Waals surface area contributed by atoms with Gasteiger partial charge < -0.3 is 14.1 Å². The molecule has 0 saturated carbocycles. The summed E-state index contributed by atoms with van der Waals surface area (Å²) in [6.07, 6.45) is 1.48. The molecule has 0 fully saturated rings. The third-order valence-electron chi connectivity index (χ3n) is 2.62. The number of hydrogen-bond donors (Lipinski definition) is 2. The molecule has 20 heavy (non-hydrogen) atoms. The van der Waals surface area contributed by atoms with Crippen LogP contribution in [0.15, 0.2) is 26.4 Å².